The molecule has 1 saturated heterocycles. The van der Waals surface area contributed by atoms with Gasteiger partial charge in [-0.25, -0.2) is 0 Å². The molecule has 24 heavy (non-hydrogen) atoms. The number of hydrogen-bond donors (Lipinski definition) is 0. The normalized spacial score (nSPS) is 17.2. The van der Waals surface area contributed by atoms with Crippen LogP contribution in [-0.4, -0.2) is 49.3 Å². The minimum Gasteiger partial charge on any atom is -0.377 e. The molecule has 1 fully saturated rings. The number of likely N-dealkylation sites (tertiary alicyclic amines) is 1. The van der Waals surface area contributed by atoms with Gasteiger partial charge in [0.25, 0.3) is 5.91 Å². The van der Waals surface area contributed by atoms with Crippen molar-refractivity contribution in [3.63, 3.8) is 0 Å². The van der Waals surface area contributed by atoms with E-state index in [-0.39, 0.29) is 11.9 Å². The fourth-order valence-corrected chi connectivity index (χ4v) is 3.17. The number of rotatable bonds is 6. The summed E-state index contributed by atoms with van der Waals surface area (Å²) in [5, 5.41) is 3.89. The van der Waals surface area contributed by atoms with E-state index in [1.807, 2.05) is 23.1 Å². The zero-order valence-electron chi connectivity index (χ0n) is 14.1. The summed E-state index contributed by atoms with van der Waals surface area (Å²) in [5.74, 6) is 0.503. The predicted octanol–water partition coefficient (Wildman–Crippen LogP) is 2.56. The molecule has 0 spiro atoms. The van der Waals surface area contributed by atoms with Gasteiger partial charge in [0.1, 0.15) is 6.61 Å². The van der Waals surface area contributed by atoms with Crippen molar-refractivity contribution in [3.05, 3.63) is 47.9 Å². The van der Waals surface area contributed by atoms with Gasteiger partial charge in [-0.15, -0.1) is 0 Å². The number of carbonyl (C=O) groups excluding carboxylic acids is 1. The van der Waals surface area contributed by atoms with Gasteiger partial charge in [-0.3, -0.25) is 4.79 Å². The minimum absolute atomic E-state index is 0.0648. The van der Waals surface area contributed by atoms with Gasteiger partial charge in [-0.1, -0.05) is 23.4 Å². The number of hydrogen-bond acceptors (Lipinski definition) is 5. The van der Waals surface area contributed by atoms with Crippen LogP contribution in [0.1, 0.15) is 29.1 Å². The molecule has 2 aromatic rings. The number of nitrogens with zero attached hydrogens (tertiary/aromatic N) is 3. The van der Waals surface area contributed by atoms with Gasteiger partial charge < -0.3 is 19.1 Å². The Hall–Kier alpha value is -2.34. The van der Waals surface area contributed by atoms with Crippen LogP contribution in [0.3, 0.4) is 0 Å². The smallest absolute Gasteiger partial charge is 0.276 e. The Morgan fingerprint density at radius 2 is 2.21 bits per heavy atom. The molecule has 0 radical (unpaired) electrons. The first-order chi connectivity index (χ1) is 11.7. The van der Waals surface area contributed by atoms with E-state index in [0.717, 1.165) is 31.6 Å². The summed E-state index contributed by atoms with van der Waals surface area (Å²) in [6.45, 7) is 1.89. The van der Waals surface area contributed by atoms with Crippen molar-refractivity contribution in [2.75, 3.05) is 32.1 Å². The molecule has 1 amide bonds. The summed E-state index contributed by atoms with van der Waals surface area (Å²) < 4.78 is 10.1. The standard InChI is InChI=1S/C18H23N3O3/c1-20(14-7-4-3-5-8-14)12-15-9-6-10-21(15)18(22)17-11-16(13-23-2)24-19-17/h3-5,7-8,11,15H,6,9-10,12-13H2,1-2H3/t15-/m1/s1. The number of ether oxygens (including phenoxy) is 1. The van der Waals surface area contributed by atoms with E-state index in [2.05, 4.69) is 29.2 Å². The molecule has 0 unspecified atom stereocenters. The highest BCUT2D eigenvalue weighted by molar-refractivity contribution is 5.92. The highest BCUT2D eigenvalue weighted by atomic mass is 16.5. The average molecular weight is 329 g/mol. The Bertz CT molecular complexity index is 671. The molecule has 1 aliphatic rings. The quantitative estimate of drug-likeness (QED) is 0.815. The Morgan fingerprint density at radius 3 is 2.96 bits per heavy atom. The Morgan fingerprint density at radius 1 is 1.42 bits per heavy atom. The minimum atomic E-state index is -0.0648. The molecule has 2 heterocycles. The topological polar surface area (TPSA) is 58.8 Å². The van der Waals surface area contributed by atoms with Crippen LogP contribution in [0.4, 0.5) is 5.69 Å². The lowest BCUT2D eigenvalue weighted by molar-refractivity contribution is 0.0729. The van der Waals surface area contributed by atoms with E-state index < -0.39 is 0 Å². The highest BCUT2D eigenvalue weighted by Gasteiger charge is 2.31. The zero-order chi connectivity index (χ0) is 16.9. The number of amides is 1. The van der Waals surface area contributed by atoms with Gasteiger partial charge in [0.15, 0.2) is 11.5 Å². The summed E-state index contributed by atoms with van der Waals surface area (Å²) in [5.41, 5.74) is 1.51. The number of para-hydroxylation sites is 1. The Labute approximate surface area is 142 Å². The van der Waals surface area contributed by atoms with Gasteiger partial charge in [-0.2, -0.15) is 0 Å². The number of methoxy groups -OCH3 is 1. The molecule has 1 aromatic heterocycles. The van der Waals surface area contributed by atoms with Crippen molar-refractivity contribution in [2.45, 2.75) is 25.5 Å². The van der Waals surface area contributed by atoms with Crippen LogP contribution in [-0.2, 0) is 11.3 Å². The molecule has 0 aliphatic carbocycles. The van der Waals surface area contributed by atoms with Crippen molar-refractivity contribution in [1.82, 2.24) is 10.1 Å². The van der Waals surface area contributed by atoms with Gasteiger partial charge in [0.05, 0.1) is 0 Å². The second-order valence-corrected chi connectivity index (χ2v) is 6.12. The fourth-order valence-electron chi connectivity index (χ4n) is 3.17. The third-order valence-corrected chi connectivity index (χ3v) is 4.38. The van der Waals surface area contributed by atoms with E-state index in [1.54, 1.807) is 13.2 Å². The molecule has 1 atom stereocenters. The molecule has 0 bridgehead atoms. The van der Waals surface area contributed by atoms with Crippen LogP contribution in [0.25, 0.3) is 0 Å². The maximum atomic E-state index is 12.7. The summed E-state index contributed by atoms with van der Waals surface area (Å²) in [6, 6.07) is 12.1. The second-order valence-electron chi connectivity index (χ2n) is 6.12. The lowest BCUT2D eigenvalue weighted by Crippen LogP contribution is -2.42. The predicted molar refractivity (Wildman–Crippen MR) is 91.0 cm³/mol. The van der Waals surface area contributed by atoms with Gasteiger partial charge in [0.2, 0.25) is 0 Å². The van der Waals surface area contributed by atoms with Crippen molar-refractivity contribution >= 4 is 11.6 Å². The van der Waals surface area contributed by atoms with Crippen LogP contribution in [0, 0.1) is 0 Å². The maximum absolute atomic E-state index is 12.7. The molecular weight excluding hydrogens is 306 g/mol. The van der Waals surface area contributed by atoms with Crippen molar-refractivity contribution in [1.29, 1.82) is 0 Å². The third kappa shape index (κ3) is 3.59. The first kappa shape index (κ1) is 16.5. The van der Waals surface area contributed by atoms with E-state index in [9.17, 15) is 4.79 Å². The lowest BCUT2D eigenvalue weighted by atomic mass is 10.2. The summed E-state index contributed by atoms with van der Waals surface area (Å²) in [6.07, 6.45) is 2.02. The van der Waals surface area contributed by atoms with Crippen molar-refractivity contribution in [3.8, 4) is 0 Å². The number of likely N-dealkylation sites (N-methyl/N-ethyl adjacent to an activating group) is 1. The van der Waals surface area contributed by atoms with Crippen LogP contribution < -0.4 is 4.90 Å². The van der Waals surface area contributed by atoms with Crippen LogP contribution in [0.2, 0.25) is 0 Å². The second kappa shape index (κ2) is 7.49. The number of anilines is 1. The zero-order valence-corrected chi connectivity index (χ0v) is 14.1. The third-order valence-electron chi connectivity index (χ3n) is 4.38. The first-order valence-electron chi connectivity index (χ1n) is 8.20. The number of aromatic nitrogens is 1. The average Bonchev–Trinajstić information content (AvgIpc) is 3.25. The number of benzene rings is 1. The van der Waals surface area contributed by atoms with Gasteiger partial charge in [-0.05, 0) is 25.0 Å². The van der Waals surface area contributed by atoms with E-state index in [4.69, 9.17) is 9.26 Å². The van der Waals surface area contributed by atoms with Crippen LogP contribution in [0.5, 0.6) is 0 Å². The molecular formula is C18H23N3O3. The van der Waals surface area contributed by atoms with Crippen LogP contribution in [0.15, 0.2) is 40.9 Å². The monoisotopic (exact) mass is 329 g/mol. The summed E-state index contributed by atoms with van der Waals surface area (Å²) in [4.78, 5) is 16.8. The van der Waals surface area contributed by atoms with Crippen LogP contribution >= 0.6 is 0 Å². The van der Waals surface area contributed by atoms with E-state index >= 15 is 0 Å². The molecule has 0 N–H and O–H groups in total. The Kier molecular flexibility index (Phi) is 5.15. The molecule has 6 nitrogen and oxygen atoms in total. The van der Waals surface area contributed by atoms with Crippen molar-refractivity contribution < 1.29 is 14.1 Å². The Balaban J connectivity index is 1.67. The fraction of sp³-hybridized carbons (Fsp3) is 0.444. The number of carbonyl (C=O) groups is 1. The maximum Gasteiger partial charge on any atom is 0.276 e. The highest BCUT2D eigenvalue weighted by Crippen LogP contribution is 2.23. The van der Waals surface area contributed by atoms with E-state index in [0.29, 0.717) is 18.1 Å². The SMILES string of the molecule is COCc1cc(C(=O)N2CCC[C@@H]2CN(C)c2ccccc2)no1. The molecule has 128 valence electrons. The molecule has 6 heteroatoms. The molecule has 3 rings (SSSR count). The van der Waals surface area contributed by atoms with Gasteiger partial charge in [0, 0.05) is 45.0 Å². The lowest BCUT2D eigenvalue weighted by Gasteiger charge is -2.29. The van der Waals surface area contributed by atoms with Gasteiger partial charge >= 0.3 is 0 Å². The molecule has 0 saturated carbocycles. The largest absolute Gasteiger partial charge is 0.377 e. The first-order valence-corrected chi connectivity index (χ1v) is 8.20. The molecule has 1 aliphatic heterocycles. The summed E-state index contributed by atoms with van der Waals surface area (Å²) >= 11 is 0. The summed E-state index contributed by atoms with van der Waals surface area (Å²) in [7, 11) is 3.64. The van der Waals surface area contributed by atoms with Crippen molar-refractivity contribution in [2.24, 2.45) is 0 Å². The molecule has 1 aromatic carbocycles. The van der Waals surface area contributed by atoms with E-state index in [1.165, 1.54) is 0 Å².